The highest BCUT2D eigenvalue weighted by atomic mass is 127. The first-order valence-electron chi connectivity index (χ1n) is 1.87. The van der Waals surface area contributed by atoms with Crippen LogP contribution < -0.4 is 0 Å². The summed E-state index contributed by atoms with van der Waals surface area (Å²) in [7, 11) is 0. The number of allylic oxidation sites excluding steroid dienone is 2. The Morgan fingerprint density at radius 3 is 2.00 bits per heavy atom. The van der Waals surface area contributed by atoms with Gasteiger partial charge in [0.05, 0.1) is 0 Å². The molecule has 0 aliphatic heterocycles. The fraction of sp³-hybridized carbons (Fsp3) is 0.200. The molecule has 46 valence electrons. The van der Waals surface area contributed by atoms with E-state index in [1.165, 1.54) is 0 Å². The van der Waals surface area contributed by atoms with Gasteiger partial charge >= 0.3 is 3.93 Å². The molecular weight excluding hydrogens is 225 g/mol. The summed E-state index contributed by atoms with van der Waals surface area (Å²) in [4.78, 5) is 0. The van der Waals surface area contributed by atoms with Crippen molar-refractivity contribution in [2.75, 3.05) is 0 Å². The largest absolute Gasteiger partial charge is 0.321 e. The molecule has 0 bridgehead atoms. The highest BCUT2D eigenvalue weighted by Crippen LogP contribution is 2.30. The van der Waals surface area contributed by atoms with E-state index in [0.717, 1.165) is 28.7 Å². The van der Waals surface area contributed by atoms with E-state index >= 15 is 0 Å². The fourth-order valence-corrected chi connectivity index (χ4v) is 0.336. The second kappa shape index (κ2) is 2.57. The van der Waals surface area contributed by atoms with Gasteiger partial charge in [-0.15, -0.1) is 0 Å². The topological polar surface area (TPSA) is 0 Å². The summed E-state index contributed by atoms with van der Waals surface area (Å²) < 4.78 is 21.0. The zero-order chi connectivity index (χ0) is 6.78. The van der Waals surface area contributed by atoms with Gasteiger partial charge in [0.1, 0.15) is 0 Å². The van der Waals surface area contributed by atoms with Crippen LogP contribution in [0.15, 0.2) is 24.8 Å². The molecule has 0 spiro atoms. The van der Waals surface area contributed by atoms with Crippen molar-refractivity contribution in [2.45, 2.75) is 3.93 Å². The van der Waals surface area contributed by atoms with Gasteiger partial charge in [0.15, 0.2) is 0 Å². The Labute approximate surface area is 60.4 Å². The van der Waals surface area contributed by atoms with Gasteiger partial charge in [-0.05, 0) is 0 Å². The van der Waals surface area contributed by atoms with Gasteiger partial charge < -0.3 is 0 Å². The molecule has 0 aliphatic rings. The van der Waals surface area contributed by atoms with E-state index in [4.69, 9.17) is 0 Å². The molecule has 0 amide bonds. The van der Waals surface area contributed by atoms with E-state index in [0.29, 0.717) is 0 Å². The lowest BCUT2D eigenvalue weighted by atomic mass is 10.3. The van der Waals surface area contributed by atoms with E-state index in [-0.39, 0.29) is 5.57 Å². The molecule has 0 heterocycles. The molecular formula is C5H5F2I. The van der Waals surface area contributed by atoms with E-state index in [9.17, 15) is 8.78 Å². The first-order valence-corrected chi connectivity index (χ1v) is 2.95. The minimum Gasteiger partial charge on any atom is -0.189 e. The van der Waals surface area contributed by atoms with Crippen LogP contribution in [-0.4, -0.2) is 3.93 Å². The normalized spacial score (nSPS) is 10.9. The maximum atomic E-state index is 11.9. The molecule has 0 fully saturated rings. The minimum atomic E-state index is -2.83. The van der Waals surface area contributed by atoms with E-state index in [1.54, 1.807) is 0 Å². The van der Waals surface area contributed by atoms with Crippen LogP contribution in [0, 0.1) is 0 Å². The molecule has 0 saturated heterocycles. The van der Waals surface area contributed by atoms with Gasteiger partial charge in [-0.1, -0.05) is 19.2 Å². The number of rotatable bonds is 2. The summed E-state index contributed by atoms with van der Waals surface area (Å²) in [5.41, 5.74) is -0.252. The minimum absolute atomic E-state index is 0.252. The maximum Gasteiger partial charge on any atom is 0.321 e. The molecule has 0 radical (unpaired) electrons. The molecule has 0 unspecified atom stereocenters. The Balaban J connectivity index is 4.02. The van der Waals surface area contributed by atoms with Crippen molar-refractivity contribution in [2.24, 2.45) is 0 Å². The Bertz CT molecular complexity index is 112. The zero-order valence-electron chi connectivity index (χ0n) is 4.13. The van der Waals surface area contributed by atoms with Crippen LogP contribution in [-0.2, 0) is 0 Å². The number of hydrogen-bond donors (Lipinski definition) is 0. The van der Waals surface area contributed by atoms with Crippen LogP contribution in [0.4, 0.5) is 8.78 Å². The Kier molecular flexibility index (Phi) is 2.59. The van der Waals surface area contributed by atoms with Gasteiger partial charge in [-0.25, -0.2) is 0 Å². The van der Waals surface area contributed by atoms with Crippen LogP contribution in [0.1, 0.15) is 0 Å². The molecule has 0 aliphatic carbocycles. The number of hydrogen-bond acceptors (Lipinski definition) is 0. The maximum absolute atomic E-state index is 11.9. The Morgan fingerprint density at radius 1 is 1.62 bits per heavy atom. The van der Waals surface area contributed by atoms with E-state index < -0.39 is 3.93 Å². The van der Waals surface area contributed by atoms with Crippen molar-refractivity contribution >= 4 is 22.6 Å². The molecule has 0 N–H and O–H groups in total. The van der Waals surface area contributed by atoms with Crippen LogP contribution >= 0.6 is 22.6 Å². The lowest BCUT2D eigenvalue weighted by Crippen LogP contribution is -2.04. The van der Waals surface area contributed by atoms with Crippen molar-refractivity contribution in [1.82, 2.24) is 0 Å². The predicted molar refractivity (Wildman–Crippen MR) is 38.3 cm³/mol. The van der Waals surface area contributed by atoms with Gasteiger partial charge in [0, 0.05) is 28.2 Å². The summed E-state index contributed by atoms with van der Waals surface area (Å²) >= 11 is 0.999. The first kappa shape index (κ1) is 8.07. The summed E-state index contributed by atoms with van der Waals surface area (Å²) in [5, 5.41) is 0. The molecule has 0 aromatic rings. The molecule has 0 saturated carbocycles. The van der Waals surface area contributed by atoms with E-state index in [1.807, 2.05) is 0 Å². The second-order valence-electron chi connectivity index (χ2n) is 1.23. The molecule has 0 aromatic carbocycles. The molecule has 3 heteroatoms. The second-order valence-corrected chi connectivity index (χ2v) is 2.58. The third-order valence-corrected chi connectivity index (χ3v) is 1.30. The number of halogens is 3. The van der Waals surface area contributed by atoms with Crippen molar-refractivity contribution in [3.05, 3.63) is 24.8 Å². The third kappa shape index (κ3) is 2.40. The lowest BCUT2D eigenvalue weighted by molar-refractivity contribution is 0.174. The van der Waals surface area contributed by atoms with Crippen LogP contribution in [0.2, 0.25) is 0 Å². The number of alkyl halides is 3. The summed E-state index contributed by atoms with van der Waals surface area (Å²) in [6, 6.07) is 0. The third-order valence-electron chi connectivity index (χ3n) is 0.611. The van der Waals surface area contributed by atoms with Crippen LogP contribution in [0.3, 0.4) is 0 Å². The lowest BCUT2D eigenvalue weighted by Gasteiger charge is -2.05. The summed E-state index contributed by atoms with van der Waals surface area (Å²) in [6.07, 6.45) is 1.05. The fourth-order valence-electron chi connectivity index (χ4n) is 0.116. The standard InChI is InChI=1S/C5H5F2I/c1-3-4(2)5(6,7)8/h3H,1-2H2. The quantitative estimate of drug-likeness (QED) is 0.388. The van der Waals surface area contributed by atoms with Crippen molar-refractivity contribution in [3.8, 4) is 0 Å². The predicted octanol–water partition coefficient (Wildman–Crippen LogP) is 2.76. The van der Waals surface area contributed by atoms with Gasteiger partial charge in [-0.3, -0.25) is 0 Å². The highest BCUT2D eigenvalue weighted by molar-refractivity contribution is 14.1. The van der Waals surface area contributed by atoms with Gasteiger partial charge in [0.2, 0.25) is 0 Å². The molecule has 8 heavy (non-hydrogen) atoms. The van der Waals surface area contributed by atoms with Crippen molar-refractivity contribution < 1.29 is 8.78 Å². The van der Waals surface area contributed by atoms with Crippen molar-refractivity contribution in [3.63, 3.8) is 0 Å². The average molecular weight is 230 g/mol. The monoisotopic (exact) mass is 230 g/mol. The molecule has 0 rings (SSSR count). The Hall–Kier alpha value is 0.0700. The van der Waals surface area contributed by atoms with Gasteiger partial charge in [-0.2, -0.15) is 8.78 Å². The van der Waals surface area contributed by atoms with Crippen LogP contribution in [0.5, 0.6) is 0 Å². The Morgan fingerprint density at radius 2 is 2.00 bits per heavy atom. The molecule has 0 aromatic heterocycles. The van der Waals surface area contributed by atoms with Crippen LogP contribution in [0.25, 0.3) is 0 Å². The van der Waals surface area contributed by atoms with Gasteiger partial charge in [0.25, 0.3) is 0 Å². The average Bonchev–Trinajstić information content (AvgIpc) is 1.62. The molecule has 0 atom stereocenters. The summed E-state index contributed by atoms with van der Waals surface area (Å²) in [6.45, 7) is 6.21. The highest BCUT2D eigenvalue weighted by Gasteiger charge is 2.25. The van der Waals surface area contributed by atoms with Crippen molar-refractivity contribution in [1.29, 1.82) is 0 Å². The molecule has 0 nitrogen and oxygen atoms in total. The first-order chi connectivity index (χ1) is 3.48. The summed E-state index contributed by atoms with van der Waals surface area (Å²) in [5.74, 6) is 0. The SMILES string of the molecule is C=CC(=C)C(F)(F)I. The smallest absolute Gasteiger partial charge is 0.189 e. The van der Waals surface area contributed by atoms with E-state index in [2.05, 4.69) is 13.2 Å². The zero-order valence-corrected chi connectivity index (χ0v) is 6.28.